The summed E-state index contributed by atoms with van der Waals surface area (Å²) in [5.41, 5.74) is 0.369. The second kappa shape index (κ2) is 14.8. The highest BCUT2D eigenvalue weighted by molar-refractivity contribution is 7.91. The van der Waals surface area contributed by atoms with Crippen LogP contribution in [-0.4, -0.2) is 60.2 Å². The molecule has 4 rings (SSSR count). The molecule has 4 aromatic rings. The molecule has 0 heterocycles. The van der Waals surface area contributed by atoms with E-state index in [0.29, 0.717) is 28.1 Å². The third-order valence-electron chi connectivity index (χ3n) is 7.00. The number of carbonyl (C=O) groups is 3. The molecule has 0 aliphatic carbocycles. The monoisotopic (exact) mass is 678 g/mol. The number of rotatable bonds is 11. The number of anilines is 1. The maximum atomic E-state index is 13.5. The fourth-order valence-electron chi connectivity index (χ4n) is 4.61. The van der Waals surface area contributed by atoms with Crippen LogP contribution in [0, 0.1) is 0 Å². The van der Waals surface area contributed by atoms with E-state index in [-0.39, 0.29) is 34.1 Å². The van der Waals surface area contributed by atoms with Gasteiger partial charge in [0.15, 0.2) is 0 Å². The molecule has 10 nitrogen and oxygen atoms in total. The van der Waals surface area contributed by atoms with E-state index >= 15 is 0 Å². The molecule has 0 radical (unpaired) electrons. The van der Waals surface area contributed by atoms with Crippen LogP contribution in [0.1, 0.15) is 58.7 Å². The van der Waals surface area contributed by atoms with Crippen molar-refractivity contribution >= 4 is 45.1 Å². The number of halogens is 1. The number of hydrogen-bond donors (Lipinski definition) is 3. The van der Waals surface area contributed by atoms with Crippen molar-refractivity contribution in [1.29, 1.82) is 0 Å². The number of carbonyl (C=O) groups excluding carboxylic acids is 2. The number of aliphatic hydroxyl groups excluding tert-OH is 1. The van der Waals surface area contributed by atoms with Crippen molar-refractivity contribution in [3.63, 3.8) is 0 Å². The van der Waals surface area contributed by atoms with Crippen LogP contribution in [0.5, 0.6) is 0 Å². The van der Waals surface area contributed by atoms with E-state index in [1.165, 1.54) is 29.2 Å². The number of nitrogens with one attached hydrogen (secondary N) is 1. The Morgan fingerprint density at radius 2 is 1.55 bits per heavy atom. The van der Waals surface area contributed by atoms with Gasteiger partial charge in [0.05, 0.1) is 33.7 Å². The first-order valence-electron chi connectivity index (χ1n) is 14.6. The largest absolute Gasteiger partial charge is 0.478 e. The minimum absolute atomic E-state index is 0.0457. The molecule has 246 valence electrons. The molecular weight excluding hydrogens is 644 g/mol. The lowest BCUT2D eigenvalue weighted by atomic mass is 10.1. The Morgan fingerprint density at radius 3 is 2.17 bits per heavy atom. The van der Waals surface area contributed by atoms with Crippen LogP contribution >= 0.6 is 11.6 Å². The highest BCUT2D eigenvalue weighted by atomic mass is 35.5. The van der Waals surface area contributed by atoms with E-state index in [0.717, 1.165) is 6.07 Å². The maximum absolute atomic E-state index is 13.5. The van der Waals surface area contributed by atoms with Gasteiger partial charge < -0.3 is 25.2 Å². The van der Waals surface area contributed by atoms with Gasteiger partial charge in [0.25, 0.3) is 5.91 Å². The van der Waals surface area contributed by atoms with Gasteiger partial charge in [0.1, 0.15) is 5.60 Å². The van der Waals surface area contributed by atoms with Crippen molar-refractivity contribution in [3.8, 4) is 0 Å². The molecule has 0 aliphatic rings. The average Bonchev–Trinajstić information content (AvgIpc) is 3.02. The number of hydrogen-bond acceptors (Lipinski definition) is 7. The predicted molar refractivity (Wildman–Crippen MR) is 178 cm³/mol. The molecular formula is C35H35ClN2O8S. The summed E-state index contributed by atoms with van der Waals surface area (Å²) >= 11 is 6.07. The quantitative estimate of drug-likeness (QED) is 0.160. The van der Waals surface area contributed by atoms with E-state index in [1.807, 2.05) is 0 Å². The van der Waals surface area contributed by atoms with Gasteiger partial charge in [-0.15, -0.1) is 0 Å². The lowest BCUT2D eigenvalue weighted by molar-refractivity contribution is 0.0147. The van der Waals surface area contributed by atoms with Crippen LogP contribution in [0.25, 0.3) is 0 Å². The highest BCUT2D eigenvalue weighted by Crippen LogP contribution is 2.27. The standard InChI is InChI=1S/C35H35ClN2O8S/c1-35(2,3)46-34(43)38(22-31(39)25-10-7-11-26(36)20-25)19-18-23-12-14-27(15-13-23)47(44,45)28-16-17-30(29(21-28)33(41)42)37-32(40)24-8-5-4-6-9-24/h4-17,20-21,31,39H,18-19,22H2,1-3H3,(H,37,40)(H,41,42)/t31-/m1/s1. The zero-order valence-electron chi connectivity index (χ0n) is 26.0. The molecule has 2 amide bonds. The summed E-state index contributed by atoms with van der Waals surface area (Å²) in [6.45, 7) is 5.32. The molecule has 47 heavy (non-hydrogen) atoms. The summed E-state index contributed by atoms with van der Waals surface area (Å²) < 4.78 is 32.5. The number of sulfone groups is 1. The zero-order valence-corrected chi connectivity index (χ0v) is 27.6. The van der Waals surface area contributed by atoms with Crippen molar-refractivity contribution in [1.82, 2.24) is 4.90 Å². The minimum atomic E-state index is -4.13. The van der Waals surface area contributed by atoms with Gasteiger partial charge in [-0.05, 0) is 92.9 Å². The molecule has 0 aromatic heterocycles. The predicted octanol–water partition coefficient (Wildman–Crippen LogP) is 6.64. The lowest BCUT2D eigenvalue weighted by Crippen LogP contribution is -2.40. The molecule has 12 heteroatoms. The van der Waals surface area contributed by atoms with Crippen LogP contribution < -0.4 is 5.32 Å². The van der Waals surface area contributed by atoms with Crippen molar-refractivity contribution in [2.24, 2.45) is 0 Å². The number of aliphatic hydroxyl groups is 1. The van der Waals surface area contributed by atoms with Crippen LogP contribution in [-0.2, 0) is 21.0 Å². The Hall–Kier alpha value is -4.71. The van der Waals surface area contributed by atoms with Crippen LogP contribution in [0.4, 0.5) is 10.5 Å². The first kappa shape index (κ1) is 35.1. The molecule has 0 bridgehead atoms. The second-order valence-corrected chi connectivity index (χ2v) is 14.1. The highest BCUT2D eigenvalue weighted by Gasteiger charge is 2.26. The summed E-state index contributed by atoms with van der Waals surface area (Å²) in [6.07, 6.45) is -1.32. The van der Waals surface area contributed by atoms with Crippen LogP contribution in [0.2, 0.25) is 5.02 Å². The van der Waals surface area contributed by atoms with E-state index in [2.05, 4.69) is 5.32 Å². The number of aromatic carboxylic acids is 1. The van der Waals surface area contributed by atoms with Crippen molar-refractivity contribution in [2.45, 2.75) is 48.7 Å². The Bertz CT molecular complexity index is 1860. The molecule has 4 aromatic carbocycles. The van der Waals surface area contributed by atoms with E-state index in [1.54, 1.807) is 87.5 Å². The Balaban J connectivity index is 1.50. The molecule has 0 spiro atoms. The molecule has 0 saturated heterocycles. The van der Waals surface area contributed by atoms with Crippen LogP contribution in [0.3, 0.4) is 0 Å². The van der Waals surface area contributed by atoms with Gasteiger partial charge >= 0.3 is 12.1 Å². The molecule has 0 saturated carbocycles. The van der Waals surface area contributed by atoms with Gasteiger partial charge in [-0.2, -0.15) is 0 Å². The normalized spacial score (nSPS) is 12.2. The third-order valence-corrected chi connectivity index (χ3v) is 9.00. The fraction of sp³-hybridized carbons (Fsp3) is 0.229. The molecule has 0 aliphatic heterocycles. The maximum Gasteiger partial charge on any atom is 0.410 e. The second-order valence-electron chi connectivity index (χ2n) is 11.7. The summed E-state index contributed by atoms with van der Waals surface area (Å²) in [5.74, 6) is -1.95. The van der Waals surface area contributed by atoms with Gasteiger partial charge in [-0.25, -0.2) is 18.0 Å². The summed E-state index contributed by atoms with van der Waals surface area (Å²) in [6, 6.07) is 24.4. The summed E-state index contributed by atoms with van der Waals surface area (Å²) in [5, 5.41) is 23.6. The topological polar surface area (TPSA) is 150 Å². The van der Waals surface area contributed by atoms with Gasteiger partial charge in [0.2, 0.25) is 9.84 Å². The van der Waals surface area contributed by atoms with Crippen LogP contribution in [0.15, 0.2) is 107 Å². The molecule has 3 N–H and O–H groups in total. The lowest BCUT2D eigenvalue weighted by Gasteiger charge is -2.29. The van der Waals surface area contributed by atoms with Gasteiger partial charge in [-0.3, -0.25) is 4.79 Å². The SMILES string of the molecule is CC(C)(C)OC(=O)N(CCc1ccc(S(=O)(=O)c2ccc(NC(=O)c3ccccc3)c(C(=O)O)c2)cc1)C[C@@H](O)c1cccc(Cl)c1. The smallest absolute Gasteiger partial charge is 0.410 e. The summed E-state index contributed by atoms with van der Waals surface area (Å²) in [7, 11) is -4.13. The molecule has 0 unspecified atom stereocenters. The van der Waals surface area contributed by atoms with Crippen molar-refractivity contribution in [2.75, 3.05) is 18.4 Å². The average molecular weight is 679 g/mol. The number of amides is 2. The van der Waals surface area contributed by atoms with Crippen molar-refractivity contribution < 1.29 is 37.8 Å². The number of ether oxygens (including phenoxy) is 1. The first-order valence-corrected chi connectivity index (χ1v) is 16.5. The first-order chi connectivity index (χ1) is 22.1. The molecule has 0 fully saturated rings. The Labute approximate surface area is 278 Å². The van der Waals surface area contributed by atoms with Crippen molar-refractivity contribution in [3.05, 3.63) is 124 Å². The Morgan fingerprint density at radius 1 is 0.894 bits per heavy atom. The zero-order chi connectivity index (χ0) is 34.4. The molecule has 1 atom stereocenters. The van der Waals surface area contributed by atoms with Gasteiger partial charge in [0, 0.05) is 17.1 Å². The summed E-state index contributed by atoms with van der Waals surface area (Å²) in [4.78, 5) is 38.7. The number of nitrogens with zero attached hydrogens (tertiary/aromatic N) is 1. The van der Waals surface area contributed by atoms with E-state index in [9.17, 15) is 33.0 Å². The fourth-order valence-corrected chi connectivity index (χ4v) is 6.09. The Kier molecular flexibility index (Phi) is 11.1. The third kappa shape index (κ3) is 9.41. The number of carboxylic acids is 1. The minimum Gasteiger partial charge on any atom is -0.478 e. The van der Waals surface area contributed by atoms with E-state index in [4.69, 9.17) is 16.3 Å². The van der Waals surface area contributed by atoms with E-state index < -0.39 is 39.5 Å². The number of carboxylic acid groups (broad SMARTS) is 1. The number of benzene rings is 4. The van der Waals surface area contributed by atoms with Gasteiger partial charge in [-0.1, -0.05) is 54.1 Å².